The zero-order valence-electron chi connectivity index (χ0n) is 7.36. The third-order valence-electron chi connectivity index (χ3n) is 1.41. The van der Waals surface area contributed by atoms with Crippen molar-refractivity contribution in [2.24, 2.45) is 0 Å². The van der Waals surface area contributed by atoms with Gasteiger partial charge in [-0.25, -0.2) is 0 Å². The zero-order chi connectivity index (χ0) is 9.61. The first-order valence-corrected chi connectivity index (χ1v) is 5.19. The second-order valence-corrected chi connectivity index (χ2v) is 4.15. The van der Waals surface area contributed by atoms with Crippen molar-refractivity contribution in [3.63, 3.8) is 0 Å². The van der Waals surface area contributed by atoms with Crippen molar-refractivity contribution in [3.05, 3.63) is 0 Å². The summed E-state index contributed by atoms with van der Waals surface area (Å²) in [5, 5.41) is 0. The molecule has 0 heterocycles. The number of ether oxygens (including phenoxy) is 1. The summed E-state index contributed by atoms with van der Waals surface area (Å²) in [6, 6.07) is 0. The van der Waals surface area contributed by atoms with Gasteiger partial charge in [0.2, 0.25) is 0 Å². The zero-order valence-corrected chi connectivity index (χ0v) is 8.17. The fourth-order valence-corrected chi connectivity index (χ4v) is 1.17. The topological polar surface area (TPSA) is 66.8 Å². The van der Waals surface area contributed by atoms with Crippen molar-refractivity contribution < 1.29 is 17.7 Å². The second kappa shape index (κ2) is 5.47. The van der Waals surface area contributed by atoms with Gasteiger partial charge in [-0.05, 0) is 7.05 Å². The van der Waals surface area contributed by atoms with Crippen LogP contribution in [0.3, 0.4) is 0 Å². The van der Waals surface area contributed by atoms with E-state index >= 15 is 0 Å². The van der Waals surface area contributed by atoms with Crippen molar-refractivity contribution in [2.45, 2.75) is 0 Å². The van der Waals surface area contributed by atoms with Crippen LogP contribution in [0, 0.1) is 0 Å². The van der Waals surface area contributed by atoms with Crippen LogP contribution >= 0.6 is 0 Å². The molecule has 0 saturated heterocycles. The van der Waals surface area contributed by atoms with Crippen LogP contribution in [-0.2, 0) is 14.9 Å². The first kappa shape index (κ1) is 11.8. The number of hydrogen-bond acceptors (Lipinski definition) is 4. The normalized spacial score (nSPS) is 12.3. The van der Waals surface area contributed by atoms with Crippen LogP contribution in [0.25, 0.3) is 0 Å². The Morgan fingerprint density at radius 2 is 2.00 bits per heavy atom. The maximum absolute atomic E-state index is 10.3. The molecule has 0 aliphatic rings. The third-order valence-corrected chi connectivity index (χ3v) is 2.11. The van der Waals surface area contributed by atoms with E-state index in [1.165, 1.54) is 0 Å². The monoisotopic (exact) mass is 197 g/mol. The lowest BCUT2D eigenvalue weighted by Gasteiger charge is -2.14. The summed E-state index contributed by atoms with van der Waals surface area (Å²) in [5.74, 6) is -0.229. The van der Waals surface area contributed by atoms with Crippen LogP contribution in [0.1, 0.15) is 0 Å². The first-order chi connectivity index (χ1) is 5.45. The predicted molar refractivity (Wildman–Crippen MR) is 45.8 cm³/mol. The van der Waals surface area contributed by atoms with Gasteiger partial charge in [0, 0.05) is 20.2 Å². The third kappa shape index (κ3) is 7.93. The van der Waals surface area contributed by atoms with E-state index in [-0.39, 0.29) is 5.75 Å². The van der Waals surface area contributed by atoms with Crippen molar-refractivity contribution in [3.8, 4) is 0 Å². The number of methoxy groups -OCH3 is 1. The summed E-state index contributed by atoms with van der Waals surface area (Å²) < 4.78 is 33.8. The molecule has 0 aromatic heterocycles. The Labute approximate surface area is 73.1 Å². The van der Waals surface area contributed by atoms with Gasteiger partial charge in [0.15, 0.2) is 0 Å². The van der Waals surface area contributed by atoms with Gasteiger partial charge in [-0.1, -0.05) is 0 Å². The van der Waals surface area contributed by atoms with E-state index in [4.69, 9.17) is 9.29 Å². The molecular formula is C6H15NO4S. The lowest BCUT2D eigenvalue weighted by molar-refractivity contribution is 0.164. The summed E-state index contributed by atoms with van der Waals surface area (Å²) in [6.45, 7) is 1.54. The van der Waals surface area contributed by atoms with E-state index < -0.39 is 10.1 Å². The van der Waals surface area contributed by atoms with Crippen molar-refractivity contribution in [1.82, 2.24) is 4.90 Å². The van der Waals surface area contributed by atoms with Gasteiger partial charge in [0.25, 0.3) is 10.1 Å². The SMILES string of the molecule is COCCN(C)CCS(=O)(=O)O. The van der Waals surface area contributed by atoms with Gasteiger partial charge in [0.05, 0.1) is 12.4 Å². The molecule has 0 rings (SSSR count). The molecule has 74 valence electrons. The minimum Gasteiger partial charge on any atom is -0.383 e. The van der Waals surface area contributed by atoms with Gasteiger partial charge in [0.1, 0.15) is 0 Å². The van der Waals surface area contributed by atoms with Crippen molar-refractivity contribution in [1.29, 1.82) is 0 Å². The standard InChI is InChI=1S/C6H15NO4S/c1-7(3-5-11-2)4-6-12(8,9)10/h3-6H2,1-2H3,(H,8,9,10). The highest BCUT2D eigenvalue weighted by Gasteiger charge is 2.06. The molecule has 0 aliphatic carbocycles. The van der Waals surface area contributed by atoms with E-state index in [0.717, 1.165) is 0 Å². The Bertz CT molecular complexity index is 202. The smallest absolute Gasteiger partial charge is 0.266 e. The molecule has 0 aliphatic heterocycles. The molecule has 1 N–H and O–H groups in total. The van der Waals surface area contributed by atoms with Crippen molar-refractivity contribution in [2.75, 3.05) is 39.6 Å². The first-order valence-electron chi connectivity index (χ1n) is 3.58. The van der Waals surface area contributed by atoms with Gasteiger partial charge in [-0.3, -0.25) is 4.55 Å². The Kier molecular flexibility index (Phi) is 5.39. The number of likely N-dealkylation sites (N-methyl/N-ethyl adjacent to an activating group) is 1. The summed E-state index contributed by atoms with van der Waals surface area (Å²) in [4.78, 5) is 1.78. The Hall–Kier alpha value is -0.170. The maximum Gasteiger partial charge on any atom is 0.266 e. The molecule has 5 nitrogen and oxygen atoms in total. The Balaban J connectivity index is 3.51. The van der Waals surface area contributed by atoms with E-state index in [1.54, 1.807) is 19.1 Å². The molecule has 0 amide bonds. The van der Waals surface area contributed by atoms with Gasteiger partial charge in [-0.2, -0.15) is 8.42 Å². The fraction of sp³-hybridized carbons (Fsp3) is 1.00. The number of rotatable bonds is 6. The molecule has 0 atom stereocenters. The molecule has 0 saturated carbocycles. The molecule has 0 spiro atoms. The lowest BCUT2D eigenvalue weighted by atomic mass is 10.5. The summed E-state index contributed by atoms with van der Waals surface area (Å²) in [7, 11) is -0.479. The highest BCUT2D eigenvalue weighted by atomic mass is 32.2. The van der Waals surface area contributed by atoms with E-state index in [2.05, 4.69) is 0 Å². The Morgan fingerprint density at radius 1 is 1.42 bits per heavy atom. The van der Waals surface area contributed by atoms with E-state index in [0.29, 0.717) is 19.7 Å². The molecule has 6 heteroatoms. The average molecular weight is 197 g/mol. The quantitative estimate of drug-likeness (QED) is 0.579. The van der Waals surface area contributed by atoms with Crippen LogP contribution in [0.15, 0.2) is 0 Å². The van der Waals surface area contributed by atoms with Crippen LogP contribution in [0.2, 0.25) is 0 Å². The molecule has 0 fully saturated rings. The maximum atomic E-state index is 10.3. The molecular weight excluding hydrogens is 182 g/mol. The summed E-state index contributed by atoms with van der Waals surface area (Å²) in [6.07, 6.45) is 0. The van der Waals surface area contributed by atoms with Crippen LogP contribution < -0.4 is 0 Å². The highest BCUT2D eigenvalue weighted by molar-refractivity contribution is 7.85. The number of nitrogens with zero attached hydrogens (tertiary/aromatic N) is 1. The van der Waals surface area contributed by atoms with Crippen LogP contribution in [0.5, 0.6) is 0 Å². The highest BCUT2D eigenvalue weighted by Crippen LogP contribution is 1.87. The molecule has 0 radical (unpaired) electrons. The molecule has 0 bridgehead atoms. The molecule has 0 aromatic rings. The average Bonchev–Trinajstić information content (AvgIpc) is 1.95. The second-order valence-electron chi connectivity index (χ2n) is 2.58. The Morgan fingerprint density at radius 3 is 2.42 bits per heavy atom. The summed E-state index contributed by atoms with van der Waals surface area (Å²) in [5.41, 5.74) is 0. The fourth-order valence-electron chi connectivity index (χ4n) is 0.630. The minimum absolute atomic E-state index is 0.229. The van der Waals surface area contributed by atoms with Crippen LogP contribution in [-0.4, -0.2) is 57.5 Å². The van der Waals surface area contributed by atoms with Crippen molar-refractivity contribution >= 4 is 10.1 Å². The van der Waals surface area contributed by atoms with Gasteiger partial charge < -0.3 is 9.64 Å². The predicted octanol–water partition coefficient (Wildman–Crippen LogP) is -0.548. The van der Waals surface area contributed by atoms with Gasteiger partial charge >= 0.3 is 0 Å². The van der Waals surface area contributed by atoms with E-state index in [1.807, 2.05) is 0 Å². The molecule has 0 unspecified atom stereocenters. The van der Waals surface area contributed by atoms with Gasteiger partial charge in [-0.15, -0.1) is 0 Å². The number of hydrogen-bond donors (Lipinski definition) is 1. The minimum atomic E-state index is -3.83. The van der Waals surface area contributed by atoms with Crippen LogP contribution in [0.4, 0.5) is 0 Å². The molecule has 12 heavy (non-hydrogen) atoms. The largest absolute Gasteiger partial charge is 0.383 e. The molecule has 0 aromatic carbocycles. The lowest BCUT2D eigenvalue weighted by Crippen LogP contribution is -2.28. The van der Waals surface area contributed by atoms with E-state index in [9.17, 15) is 8.42 Å². The summed E-state index contributed by atoms with van der Waals surface area (Å²) >= 11 is 0.